The van der Waals surface area contributed by atoms with E-state index >= 15 is 0 Å². The molecule has 0 aliphatic carbocycles. The van der Waals surface area contributed by atoms with Crippen LogP contribution in [0.4, 0.5) is 3.89 Å². The van der Waals surface area contributed by atoms with E-state index in [0.717, 1.165) is 25.8 Å². The van der Waals surface area contributed by atoms with Gasteiger partial charge in [-0.05, 0) is 26.3 Å². The molecule has 1 N–H and O–H groups in total. The summed E-state index contributed by atoms with van der Waals surface area (Å²) in [6.45, 7) is 2.54. The Morgan fingerprint density at radius 3 is 2.58 bits per heavy atom. The Balaban J connectivity index is 2.59. The van der Waals surface area contributed by atoms with Gasteiger partial charge >= 0.3 is 10.2 Å². The monoisotopic (exact) mass is 195 g/mol. The van der Waals surface area contributed by atoms with Gasteiger partial charge in [-0.25, -0.2) is 0 Å². The average Bonchev–Trinajstić information content (AvgIpc) is 1.83. The fraction of sp³-hybridized carbons (Fsp3) is 1.00. The van der Waals surface area contributed by atoms with Crippen molar-refractivity contribution in [1.29, 1.82) is 0 Å². The molecule has 0 aromatic rings. The molecule has 0 aromatic heterocycles. The molecule has 0 radical (unpaired) electrons. The number of rotatable bonds is 2. The van der Waals surface area contributed by atoms with Gasteiger partial charge in [-0.3, -0.25) is 0 Å². The Labute approximate surface area is 72.6 Å². The molecule has 1 aliphatic heterocycles. The highest BCUT2D eigenvalue weighted by Crippen LogP contribution is 2.20. The molecule has 0 bridgehead atoms. The lowest BCUT2D eigenvalue weighted by atomic mass is 9.93. The van der Waals surface area contributed by atoms with Gasteiger partial charge in [0, 0.05) is 5.54 Å². The first-order valence-corrected chi connectivity index (χ1v) is 5.64. The summed E-state index contributed by atoms with van der Waals surface area (Å²) in [5.74, 6) is -0.403. The average molecular weight is 195 g/mol. The van der Waals surface area contributed by atoms with Crippen molar-refractivity contribution in [2.24, 2.45) is 0 Å². The molecular formula is C7H14FNO2S. The number of hydrogen-bond acceptors (Lipinski definition) is 3. The Hall–Kier alpha value is -0.160. The third-order valence-corrected chi connectivity index (χ3v) is 3.18. The zero-order valence-corrected chi connectivity index (χ0v) is 7.95. The molecule has 1 rings (SSSR count). The van der Waals surface area contributed by atoms with Gasteiger partial charge in [0.25, 0.3) is 0 Å². The lowest BCUT2D eigenvalue weighted by Gasteiger charge is -2.33. The molecular weight excluding hydrogens is 181 g/mol. The minimum Gasteiger partial charge on any atom is -0.310 e. The molecule has 1 atom stereocenters. The summed E-state index contributed by atoms with van der Waals surface area (Å²) < 4.78 is 33.1. The van der Waals surface area contributed by atoms with Gasteiger partial charge < -0.3 is 5.32 Å². The highest BCUT2D eigenvalue weighted by atomic mass is 32.3. The lowest BCUT2D eigenvalue weighted by Crippen LogP contribution is -2.50. The van der Waals surface area contributed by atoms with E-state index in [-0.39, 0.29) is 0 Å². The van der Waals surface area contributed by atoms with Gasteiger partial charge in [-0.2, -0.15) is 8.42 Å². The summed E-state index contributed by atoms with van der Waals surface area (Å²) in [4.78, 5) is 0. The molecule has 0 amide bonds. The second-order valence-corrected chi connectivity index (χ2v) is 4.99. The molecule has 3 nitrogen and oxygen atoms in total. The van der Waals surface area contributed by atoms with Gasteiger partial charge in [0.2, 0.25) is 0 Å². The summed E-state index contributed by atoms with van der Waals surface area (Å²) in [5, 5.41) is 3.03. The van der Waals surface area contributed by atoms with Crippen molar-refractivity contribution >= 4 is 10.2 Å². The highest BCUT2D eigenvalue weighted by Gasteiger charge is 2.31. The quantitative estimate of drug-likeness (QED) is 0.663. The standard InChI is InChI=1S/C7H14FNO2S/c1-7(6-12(8,10)11)4-2-3-5-9-7/h9H,2-6H2,1H3. The molecule has 0 saturated carbocycles. The van der Waals surface area contributed by atoms with Crippen molar-refractivity contribution in [2.45, 2.75) is 31.7 Å². The van der Waals surface area contributed by atoms with Crippen molar-refractivity contribution in [3.63, 3.8) is 0 Å². The largest absolute Gasteiger partial charge is 0.310 e. The van der Waals surface area contributed by atoms with Crippen LogP contribution < -0.4 is 5.32 Å². The van der Waals surface area contributed by atoms with Crippen LogP contribution in [0, 0.1) is 0 Å². The van der Waals surface area contributed by atoms with E-state index in [9.17, 15) is 12.3 Å². The first-order chi connectivity index (χ1) is 5.41. The van der Waals surface area contributed by atoms with Crippen LogP contribution in [0.15, 0.2) is 0 Å². The van der Waals surface area contributed by atoms with E-state index < -0.39 is 21.5 Å². The van der Waals surface area contributed by atoms with Crippen molar-refractivity contribution in [3.8, 4) is 0 Å². The van der Waals surface area contributed by atoms with Crippen LogP contribution in [0.5, 0.6) is 0 Å². The summed E-state index contributed by atoms with van der Waals surface area (Å²) in [7, 11) is -4.34. The first-order valence-electron chi connectivity index (χ1n) is 4.09. The Bertz CT molecular complexity index is 244. The maximum absolute atomic E-state index is 12.4. The summed E-state index contributed by atoms with van der Waals surface area (Å²) in [6, 6.07) is 0. The van der Waals surface area contributed by atoms with Crippen LogP contribution in [-0.4, -0.2) is 26.3 Å². The Morgan fingerprint density at radius 1 is 1.50 bits per heavy atom. The van der Waals surface area contributed by atoms with Gasteiger partial charge in [0.15, 0.2) is 0 Å². The Kier molecular flexibility index (Phi) is 2.73. The van der Waals surface area contributed by atoms with Crippen LogP contribution in [0.25, 0.3) is 0 Å². The number of hydrogen-bond donors (Lipinski definition) is 1. The smallest absolute Gasteiger partial charge is 0.304 e. The van der Waals surface area contributed by atoms with Gasteiger partial charge in [-0.1, -0.05) is 6.42 Å². The number of halogens is 1. The van der Waals surface area contributed by atoms with Crippen molar-refractivity contribution in [1.82, 2.24) is 5.32 Å². The van der Waals surface area contributed by atoms with Gasteiger partial charge in [0.1, 0.15) is 0 Å². The zero-order chi connectivity index (χ0) is 9.24. The SMILES string of the molecule is CC1(CS(=O)(=O)F)CCCCN1. The molecule has 12 heavy (non-hydrogen) atoms. The van der Waals surface area contributed by atoms with Crippen molar-refractivity contribution < 1.29 is 12.3 Å². The molecule has 72 valence electrons. The summed E-state index contributed by atoms with van der Waals surface area (Å²) >= 11 is 0. The highest BCUT2D eigenvalue weighted by molar-refractivity contribution is 7.86. The van der Waals surface area contributed by atoms with E-state index in [1.165, 1.54) is 0 Å². The van der Waals surface area contributed by atoms with Crippen molar-refractivity contribution in [2.75, 3.05) is 12.3 Å². The summed E-state index contributed by atoms with van der Waals surface area (Å²) in [5.41, 5.74) is -0.550. The second kappa shape index (κ2) is 3.30. The molecule has 1 saturated heterocycles. The predicted molar refractivity (Wildman–Crippen MR) is 45.2 cm³/mol. The van der Waals surface area contributed by atoms with E-state index in [1.807, 2.05) is 0 Å². The minimum atomic E-state index is -4.34. The molecule has 0 aromatic carbocycles. The van der Waals surface area contributed by atoms with Crippen LogP contribution in [-0.2, 0) is 10.2 Å². The first kappa shape index (κ1) is 9.92. The Morgan fingerprint density at radius 2 is 2.17 bits per heavy atom. The van der Waals surface area contributed by atoms with E-state index in [0.29, 0.717) is 0 Å². The van der Waals surface area contributed by atoms with Crippen LogP contribution in [0.2, 0.25) is 0 Å². The fourth-order valence-electron chi connectivity index (χ4n) is 1.62. The molecule has 1 aliphatic rings. The third kappa shape index (κ3) is 3.06. The minimum absolute atomic E-state index is 0.403. The van der Waals surface area contributed by atoms with E-state index in [4.69, 9.17) is 0 Å². The van der Waals surface area contributed by atoms with Crippen molar-refractivity contribution in [3.05, 3.63) is 0 Å². The topological polar surface area (TPSA) is 46.2 Å². The zero-order valence-electron chi connectivity index (χ0n) is 7.14. The second-order valence-electron chi connectivity index (χ2n) is 3.63. The van der Waals surface area contributed by atoms with Gasteiger partial charge in [-0.15, -0.1) is 3.89 Å². The third-order valence-electron chi connectivity index (χ3n) is 2.20. The molecule has 5 heteroatoms. The van der Waals surface area contributed by atoms with E-state index in [2.05, 4.69) is 5.32 Å². The maximum Gasteiger partial charge on any atom is 0.304 e. The normalized spacial score (nSPS) is 31.8. The van der Waals surface area contributed by atoms with Gasteiger partial charge in [0.05, 0.1) is 5.75 Å². The maximum atomic E-state index is 12.4. The summed E-state index contributed by atoms with van der Waals surface area (Å²) in [6.07, 6.45) is 2.75. The predicted octanol–water partition coefficient (Wildman–Crippen LogP) is 0.818. The lowest BCUT2D eigenvalue weighted by molar-refractivity contribution is 0.303. The van der Waals surface area contributed by atoms with Crippen LogP contribution in [0.3, 0.4) is 0 Å². The number of nitrogens with one attached hydrogen (secondary N) is 1. The molecule has 1 fully saturated rings. The molecule has 0 spiro atoms. The molecule has 1 heterocycles. The van der Waals surface area contributed by atoms with Crippen LogP contribution >= 0.6 is 0 Å². The number of piperidine rings is 1. The molecule has 1 unspecified atom stereocenters. The van der Waals surface area contributed by atoms with E-state index in [1.54, 1.807) is 6.92 Å². The van der Waals surface area contributed by atoms with Crippen LogP contribution in [0.1, 0.15) is 26.2 Å². The fourth-order valence-corrected chi connectivity index (χ4v) is 2.63.